The molecule has 0 bridgehead atoms. The number of hydrogen-bond acceptors (Lipinski definition) is 14. The number of hydrogen-bond donors (Lipinski definition) is 9. The first-order valence-electron chi connectivity index (χ1n) is 23.7. The van der Waals surface area contributed by atoms with Gasteiger partial charge in [-0.3, -0.25) is 33.6 Å². The smallest absolute Gasteiger partial charge is 0.326 e. The van der Waals surface area contributed by atoms with E-state index in [9.17, 15) is 58.2 Å². The number of aldehydes is 1. The lowest BCUT2D eigenvalue weighted by molar-refractivity contribution is -0.143. The molecule has 390 valence electrons. The summed E-state index contributed by atoms with van der Waals surface area (Å²) in [7, 11) is 0. The maximum atomic E-state index is 12.6. The number of carbonyl (C=O) groups excluding carboxylic acids is 6. The summed E-state index contributed by atoms with van der Waals surface area (Å²) in [5, 5.41) is 48.6. The number of aliphatic carboxylic acids is 4. The summed E-state index contributed by atoms with van der Waals surface area (Å²) in [4.78, 5) is 117. The molecule has 0 saturated carbocycles. The first kappa shape index (κ1) is 62.7. The van der Waals surface area contributed by atoms with E-state index < -0.39 is 78.7 Å². The second kappa shape index (κ2) is 43.0. The first-order chi connectivity index (χ1) is 32.7. The summed E-state index contributed by atoms with van der Waals surface area (Å²) in [5.41, 5.74) is 0. The SMILES string of the molecule is O=CCC[C@H](NC(=O)[C@H](CCC(=O)O)NC(=O)COCCOCCNC(=O)COCCOCCNC(=O)CC[C@H](NC(=O)CCCCCCCCCCCCCCCCC(=O)O)C(=O)O)C(=O)O. The van der Waals surface area contributed by atoms with Crippen molar-refractivity contribution in [1.82, 2.24) is 26.6 Å². The van der Waals surface area contributed by atoms with Crippen LogP contribution in [-0.2, 0) is 66.9 Å². The van der Waals surface area contributed by atoms with Gasteiger partial charge in [-0.2, -0.15) is 0 Å². The lowest BCUT2D eigenvalue weighted by Crippen LogP contribution is -2.52. The van der Waals surface area contributed by atoms with Crippen LogP contribution in [0, 0.1) is 0 Å². The Morgan fingerprint density at radius 2 is 0.809 bits per heavy atom. The van der Waals surface area contributed by atoms with Crippen LogP contribution in [0.4, 0.5) is 0 Å². The van der Waals surface area contributed by atoms with E-state index in [0.29, 0.717) is 12.7 Å². The predicted molar refractivity (Wildman–Crippen MR) is 243 cm³/mol. The number of carbonyl (C=O) groups is 10. The Morgan fingerprint density at radius 1 is 0.397 bits per heavy atom. The fraction of sp³-hybridized carbons (Fsp3) is 0.778. The van der Waals surface area contributed by atoms with Crippen molar-refractivity contribution < 1.29 is 87.3 Å². The summed E-state index contributed by atoms with van der Waals surface area (Å²) in [6, 6.07) is -3.94. The van der Waals surface area contributed by atoms with Crippen molar-refractivity contribution in [2.45, 2.75) is 159 Å². The average Bonchev–Trinajstić information content (AvgIpc) is 3.28. The predicted octanol–water partition coefficient (Wildman–Crippen LogP) is 1.86. The number of nitrogens with one attached hydrogen (secondary N) is 5. The van der Waals surface area contributed by atoms with E-state index in [0.717, 1.165) is 51.4 Å². The standard InChI is InChI=1S/C45H77N5O18/c51-25-15-16-35(44(61)62)50-43(60)34(20-22-42(58)59)48-40(55)33-68-31-29-66-27-24-47-39(54)32-67-30-28-65-26-23-46-37(52)21-19-36(45(63)64)49-38(53)17-13-11-9-7-5-3-1-2-4-6-8-10-12-14-18-41(56)57/h25,34-36H,1-24,26-33H2,(H,46,52)(H,47,54)(H,48,55)(H,49,53)(H,50,60)(H,56,57)(H,58,59)(H,61,62)(H,63,64)/t34-,35-,36-/m0/s1. The van der Waals surface area contributed by atoms with E-state index in [4.69, 9.17) is 29.2 Å². The molecule has 0 aromatic rings. The van der Waals surface area contributed by atoms with Gasteiger partial charge in [-0.15, -0.1) is 0 Å². The molecule has 68 heavy (non-hydrogen) atoms. The molecule has 0 aromatic heterocycles. The number of unbranched alkanes of at least 4 members (excludes halogenated alkanes) is 13. The number of rotatable bonds is 48. The molecule has 0 aromatic carbocycles. The summed E-state index contributed by atoms with van der Waals surface area (Å²) in [6.45, 7) is 0.0655. The molecular formula is C45H77N5O18. The van der Waals surface area contributed by atoms with Crippen LogP contribution in [0.2, 0.25) is 0 Å². The molecule has 3 atom stereocenters. The zero-order valence-corrected chi connectivity index (χ0v) is 39.4. The van der Waals surface area contributed by atoms with E-state index in [1.165, 1.54) is 32.1 Å². The van der Waals surface area contributed by atoms with E-state index in [-0.39, 0.29) is 110 Å². The zero-order chi connectivity index (χ0) is 50.6. The Morgan fingerprint density at radius 3 is 1.29 bits per heavy atom. The highest BCUT2D eigenvalue weighted by atomic mass is 16.5. The second-order valence-electron chi connectivity index (χ2n) is 16.1. The van der Waals surface area contributed by atoms with Gasteiger partial charge in [0.15, 0.2) is 0 Å². The minimum Gasteiger partial charge on any atom is -0.481 e. The van der Waals surface area contributed by atoms with Gasteiger partial charge in [-0.05, 0) is 32.1 Å². The highest BCUT2D eigenvalue weighted by Crippen LogP contribution is 2.14. The van der Waals surface area contributed by atoms with Gasteiger partial charge < -0.3 is 70.8 Å². The molecule has 5 amide bonds. The summed E-state index contributed by atoms with van der Waals surface area (Å²) in [5.74, 6) is -7.41. The van der Waals surface area contributed by atoms with Gasteiger partial charge in [-0.1, -0.05) is 77.0 Å². The first-order valence-corrected chi connectivity index (χ1v) is 23.7. The molecule has 0 radical (unpaired) electrons. The fourth-order valence-corrected chi connectivity index (χ4v) is 6.45. The highest BCUT2D eigenvalue weighted by molar-refractivity contribution is 5.91. The van der Waals surface area contributed by atoms with Gasteiger partial charge in [0.25, 0.3) is 0 Å². The Hall–Kier alpha value is -5.26. The van der Waals surface area contributed by atoms with Gasteiger partial charge >= 0.3 is 23.9 Å². The van der Waals surface area contributed by atoms with Crippen molar-refractivity contribution in [1.29, 1.82) is 0 Å². The van der Waals surface area contributed by atoms with Crippen LogP contribution < -0.4 is 26.6 Å². The summed E-state index contributed by atoms with van der Waals surface area (Å²) >= 11 is 0. The quantitative estimate of drug-likeness (QED) is 0.0310. The van der Waals surface area contributed by atoms with Gasteiger partial charge in [0.1, 0.15) is 37.6 Å². The molecule has 0 aliphatic rings. The van der Waals surface area contributed by atoms with Crippen LogP contribution in [0.15, 0.2) is 0 Å². The molecule has 0 spiro atoms. The summed E-state index contributed by atoms with van der Waals surface area (Å²) in [6.07, 6.45) is 14.5. The maximum Gasteiger partial charge on any atom is 0.326 e. The number of carboxylic acids is 4. The van der Waals surface area contributed by atoms with Crippen LogP contribution in [0.5, 0.6) is 0 Å². The molecule has 9 N–H and O–H groups in total. The lowest BCUT2D eigenvalue weighted by Gasteiger charge is -2.20. The van der Waals surface area contributed by atoms with Crippen molar-refractivity contribution in [2.24, 2.45) is 0 Å². The average molecular weight is 976 g/mol. The second-order valence-corrected chi connectivity index (χ2v) is 16.1. The van der Waals surface area contributed by atoms with Crippen LogP contribution in [0.3, 0.4) is 0 Å². The number of amides is 5. The Balaban J connectivity index is 3.91. The molecule has 0 unspecified atom stereocenters. The molecule has 0 aliphatic carbocycles. The third-order valence-electron chi connectivity index (χ3n) is 10.2. The van der Waals surface area contributed by atoms with E-state index in [1.807, 2.05) is 0 Å². The minimum absolute atomic E-state index is 0.0367. The normalized spacial score (nSPS) is 12.2. The lowest BCUT2D eigenvalue weighted by atomic mass is 10.0. The molecule has 0 aliphatic heterocycles. The van der Waals surface area contributed by atoms with Crippen molar-refractivity contribution in [3.63, 3.8) is 0 Å². The molecular weight excluding hydrogens is 899 g/mol. The van der Waals surface area contributed by atoms with Crippen LogP contribution in [0.1, 0.15) is 141 Å². The highest BCUT2D eigenvalue weighted by Gasteiger charge is 2.27. The Labute approximate surface area is 398 Å². The van der Waals surface area contributed by atoms with Gasteiger partial charge in [-0.25, -0.2) is 9.59 Å². The van der Waals surface area contributed by atoms with Crippen LogP contribution in [-0.4, -0.2) is 164 Å². The molecule has 23 nitrogen and oxygen atoms in total. The van der Waals surface area contributed by atoms with E-state index in [1.54, 1.807) is 0 Å². The zero-order valence-electron chi connectivity index (χ0n) is 39.4. The molecule has 23 heteroatoms. The van der Waals surface area contributed by atoms with Crippen molar-refractivity contribution in [3.8, 4) is 0 Å². The third-order valence-corrected chi connectivity index (χ3v) is 10.2. The van der Waals surface area contributed by atoms with Crippen molar-refractivity contribution in [2.75, 3.05) is 65.9 Å². The topological polar surface area (TPSA) is 349 Å². The largest absolute Gasteiger partial charge is 0.481 e. The number of ether oxygens (including phenoxy) is 4. The Kier molecular flexibility index (Phi) is 39.7. The van der Waals surface area contributed by atoms with Crippen LogP contribution >= 0.6 is 0 Å². The molecule has 0 rings (SSSR count). The Bertz CT molecular complexity index is 1480. The van der Waals surface area contributed by atoms with Gasteiger partial charge in [0, 0.05) is 45.2 Å². The van der Waals surface area contributed by atoms with E-state index >= 15 is 0 Å². The summed E-state index contributed by atoms with van der Waals surface area (Å²) < 4.78 is 21.1. The monoisotopic (exact) mass is 976 g/mol. The van der Waals surface area contributed by atoms with Crippen molar-refractivity contribution in [3.05, 3.63) is 0 Å². The van der Waals surface area contributed by atoms with Crippen molar-refractivity contribution >= 4 is 59.7 Å². The maximum absolute atomic E-state index is 12.6. The van der Waals surface area contributed by atoms with Crippen LogP contribution in [0.25, 0.3) is 0 Å². The van der Waals surface area contributed by atoms with E-state index in [2.05, 4.69) is 26.6 Å². The van der Waals surface area contributed by atoms with Gasteiger partial charge in [0.2, 0.25) is 29.5 Å². The fourth-order valence-electron chi connectivity index (χ4n) is 6.45. The molecule has 0 heterocycles. The number of carboxylic acid groups (broad SMARTS) is 4. The molecule has 0 saturated heterocycles. The van der Waals surface area contributed by atoms with Gasteiger partial charge in [0.05, 0.1) is 39.6 Å². The third kappa shape index (κ3) is 39.9. The molecule has 0 fully saturated rings. The minimum atomic E-state index is -1.41.